The molecule has 0 saturated carbocycles. The molecular weight excluding hydrogens is 226 g/mol. The fourth-order valence-corrected chi connectivity index (χ4v) is 2.70. The van der Waals surface area contributed by atoms with Crippen molar-refractivity contribution in [3.8, 4) is 0 Å². The Hall–Kier alpha value is -1.29. The van der Waals surface area contributed by atoms with Crippen LogP contribution in [0.25, 0.3) is 0 Å². The van der Waals surface area contributed by atoms with Gasteiger partial charge in [-0.2, -0.15) is 0 Å². The quantitative estimate of drug-likeness (QED) is 0.796. The molecule has 1 aromatic rings. The molecule has 0 saturated heterocycles. The van der Waals surface area contributed by atoms with Gasteiger partial charge in [0.25, 0.3) is 0 Å². The molecule has 4 heteroatoms. The summed E-state index contributed by atoms with van der Waals surface area (Å²) in [5.41, 5.74) is 2.87. The smallest absolute Gasteiger partial charge is 0.221 e. The van der Waals surface area contributed by atoms with Crippen LogP contribution in [0.2, 0.25) is 0 Å². The maximum absolute atomic E-state index is 11.3. The Balaban J connectivity index is 2.09. The number of carbonyl (C=O) groups excluding carboxylic acids is 1. The highest BCUT2D eigenvalue weighted by molar-refractivity contribution is 5.75. The normalized spacial score (nSPS) is 19.1. The molecule has 1 amide bonds. The first-order valence-electron chi connectivity index (χ1n) is 6.81. The van der Waals surface area contributed by atoms with Crippen LogP contribution in [-0.2, 0) is 17.8 Å². The van der Waals surface area contributed by atoms with Gasteiger partial charge >= 0.3 is 0 Å². The Morgan fingerprint density at radius 3 is 2.94 bits per heavy atom. The molecule has 0 bridgehead atoms. The van der Waals surface area contributed by atoms with E-state index in [1.807, 2.05) is 7.05 Å². The third-order valence-corrected chi connectivity index (χ3v) is 3.79. The van der Waals surface area contributed by atoms with E-state index in [-0.39, 0.29) is 5.91 Å². The summed E-state index contributed by atoms with van der Waals surface area (Å²) in [6.07, 6.45) is 9.92. The van der Waals surface area contributed by atoms with Crippen LogP contribution < -0.4 is 10.6 Å². The van der Waals surface area contributed by atoms with E-state index in [1.54, 1.807) is 7.05 Å². The minimum absolute atomic E-state index is 0.101. The van der Waals surface area contributed by atoms with E-state index < -0.39 is 0 Å². The molecule has 1 aromatic heterocycles. The molecule has 0 fully saturated rings. The molecule has 0 spiro atoms. The summed E-state index contributed by atoms with van der Waals surface area (Å²) < 4.78 is 2.16. The summed E-state index contributed by atoms with van der Waals surface area (Å²) >= 11 is 0. The van der Waals surface area contributed by atoms with E-state index in [0.717, 1.165) is 6.54 Å². The Bertz CT molecular complexity index is 411. The average molecular weight is 249 g/mol. The highest BCUT2D eigenvalue weighted by Crippen LogP contribution is 2.29. The van der Waals surface area contributed by atoms with Crippen molar-refractivity contribution in [2.24, 2.45) is 0 Å². The highest BCUT2D eigenvalue weighted by Gasteiger charge is 2.19. The zero-order valence-corrected chi connectivity index (χ0v) is 11.3. The molecule has 0 aliphatic heterocycles. The van der Waals surface area contributed by atoms with E-state index in [2.05, 4.69) is 27.6 Å². The van der Waals surface area contributed by atoms with E-state index in [4.69, 9.17) is 0 Å². The van der Waals surface area contributed by atoms with Gasteiger partial charge in [-0.25, -0.2) is 0 Å². The SMILES string of the molecule is CNC(=O)CCn1cc2c(c1)C(NC)CCCC2. The predicted molar refractivity (Wildman–Crippen MR) is 72.5 cm³/mol. The Labute approximate surface area is 109 Å². The van der Waals surface area contributed by atoms with Gasteiger partial charge in [0.05, 0.1) is 0 Å². The third kappa shape index (κ3) is 2.93. The van der Waals surface area contributed by atoms with Crippen LogP contribution in [0.4, 0.5) is 0 Å². The topological polar surface area (TPSA) is 46.1 Å². The van der Waals surface area contributed by atoms with Crippen LogP contribution in [0, 0.1) is 0 Å². The molecule has 1 unspecified atom stereocenters. The zero-order chi connectivity index (χ0) is 13.0. The zero-order valence-electron chi connectivity index (χ0n) is 11.3. The second kappa shape index (κ2) is 6.05. The van der Waals surface area contributed by atoms with Crippen LogP contribution in [0.5, 0.6) is 0 Å². The van der Waals surface area contributed by atoms with Crippen molar-refractivity contribution in [2.45, 2.75) is 44.7 Å². The number of hydrogen-bond acceptors (Lipinski definition) is 2. The van der Waals surface area contributed by atoms with Crippen molar-refractivity contribution < 1.29 is 4.79 Å². The maximum Gasteiger partial charge on any atom is 0.221 e. The molecule has 100 valence electrons. The summed E-state index contributed by atoms with van der Waals surface area (Å²) in [4.78, 5) is 11.3. The first kappa shape index (κ1) is 13.1. The highest BCUT2D eigenvalue weighted by atomic mass is 16.1. The molecule has 2 rings (SSSR count). The average Bonchev–Trinajstić information content (AvgIpc) is 2.70. The summed E-state index contributed by atoms with van der Waals surface area (Å²) in [5, 5.41) is 6.06. The van der Waals surface area contributed by atoms with Gasteiger partial charge < -0.3 is 15.2 Å². The monoisotopic (exact) mass is 249 g/mol. The van der Waals surface area contributed by atoms with E-state index >= 15 is 0 Å². The van der Waals surface area contributed by atoms with Crippen molar-refractivity contribution in [2.75, 3.05) is 14.1 Å². The molecular formula is C14H23N3O. The van der Waals surface area contributed by atoms with E-state index in [9.17, 15) is 4.79 Å². The Morgan fingerprint density at radius 2 is 2.22 bits per heavy atom. The molecule has 0 aromatic carbocycles. The summed E-state index contributed by atoms with van der Waals surface area (Å²) in [6, 6.07) is 0.476. The fourth-order valence-electron chi connectivity index (χ4n) is 2.70. The number of rotatable bonds is 4. The molecule has 2 N–H and O–H groups in total. The van der Waals surface area contributed by atoms with Crippen molar-refractivity contribution in [3.63, 3.8) is 0 Å². The third-order valence-electron chi connectivity index (χ3n) is 3.79. The molecule has 18 heavy (non-hydrogen) atoms. The number of carbonyl (C=O) groups is 1. The van der Waals surface area contributed by atoms with Gasteiger partial charge in [0, 0.05) is 38.4 Å². The molecule has 4 nitrogen and oxygen atoms in total. The number of hydrogen-bond donors (Lipinski definition) is 2. The second-order valence-electron chi connectivity index (χ2n) is 4.99. The predicted octanol–water partition coefficient (Wildman–Crippen LogP) is 1.61. The summed E-state index contributed by atoms with van der Waals surface area (Å²) in [5.74, 6) is 0.101. The number of aryl methyl sites for hydroxylation is 2. The lowest BCUT2D eigenvalue weighted by atomic mass is 10.1. The Morgan fingerprint density at radius 1 is 1.39 bits per heavy atom. The van der Waals surface area contributed by atoms with Gasteiger partial charge in [-0.1, -0.05) is 6.42 Å². The lowest BCUT2D eigenvalue weighted by Crippen LogP contribution is -2.19. The first-order valence-corrected chi connectivity index (χ1v) is 6.81. The van der Waals surface area contributed by atoms with Crippen molar-refractivity contribution in [3.05, 3.63) is 23.5 Å². The van der Waals surface area contributed by atoms with Gasteiger partial charge in [-0.3, -0.25) is 4.79 Å². The number of amides is 1. The second-order valence-corrected chi connectivity index (χ2v) is 4.99. The largest absolute Gasteiger partial charge is 0.359 e. The summed E-state index contributed by atoms with van der Waals surface area (Å²) in [6.45, 7) is 0.767. The van der Waals surface area contributed by atoms with Crippen molar-refractivity contribution in [1.82, 2.24) is 15.2 Å². The van der Waals surface area contributed by atoms with Gasteiger partial charge in [0.2, 0.25) is 5.91 Å². The van der Waals surface area contributed by atoms with Crippen molar-refractivity contribution >= 4 is 5.91 Å². The Kier molecular flexibility index (Phi) is 4.42. The minimum Gasteiger partial charge on any atom is -0.359 e. The van der Waals surface area contributed by atoms with Gasteiger partial charge in [0.15, 0.2) is 0 Å². The fraction of sp³-hybridized carbons (Fsp3) is 0.643. The van der Waals surface area contributed by atoms with Crippen LogP contribution in [0.3, 0.4) is 0 Å². The minimum atomic E-state index is 0.101. The van der Waals surface area contributed by atoms with E-state index in [0.29, 0.717) is 12.5 Å². The lowest BCUT2D eigenvalue weighted by molar-refractivity contribution is -0.120. The van der Waals surface area contributed by atoms with Crippen LogP contribution in [-0.4, -0.2) is 24.6 Å². The van der Waals surface area contributed by atoms with Crippen LogP contribution in [0.15, 0.2) is 12.4 Å². The van der Waals surface area contributed by atoms with Crippen molar-refractivity contribution in [1.29, 1.82) is 0 Å². The standard InChI is InChI=1S/C14H23N3O/c1-15-13-6-4-3-5-11-9-17(10-12(11)13)8-7-14(18)16-2/h9-10,13,15H,3-8H2,1-2H3,(H,16,18). The molecule has 0 radical (unpaired) electrons. The number of nitrogens with zero attached hydrogens (tertiary/aromatic N) is 1. The van der Waals surface area contributed by atoms with Gasteiger partial charge in [-0.15, -0.1) is 0 Å². The maximum atomic E-state index is 11.3. The number of fused-ring (bicyclic) bond motifs is 1. The number of aromatic nitrogens is 1. The summed E-state index contributed by atoms with van der Waals surface area (Å²) in [7, 11) is 3.71. The van der Waals surface area contributed by atoms with Crippen LogP contribution >= 0.6 is 0 Å². The lowest BCUT2D eigenvalue weighted by Gasteiger charge is -2.13. The van der Waals surface area contributed by atoms with Crippen LogP contribution in [0.1, 0.15) is 42.9 Å². The molecule has 1 aliphatic carbocycles. The first-order chi connectivity index (χ1) is 8.74. The van der Waals surface area contributed by atoms with Gasteiger partial charge in [-0.05, 0) is 37.4 Å². The van der Waals surface area contributed by atoms with E-state index in [1.165, 1.54) is 36.8 Å². The molecule has 1 atom stereocenters. The van der Waals surface area contributed by atoms with Gasteiger partial charge in [0.1, 0.15) is 0 Å². The molecule has 1 heterocycles. The molecule has 1 aliphatic rings. The number of nitrogens with one attached hydrogen (secondary N) is 2.